The van der Waals surface area contributed by atoms with Crippen LogP contribution in [0.3, 0.4) is 0 Å². The SMILES string of the molecule is O=C(NCCN1CCOCC1)[C@@H]1NC2(CCOCC2)C2(C(=O)Nc3cc(Cl)ccc32)[C@H]1c1cccc(Cl)c1F. The molecule has 11 heteroatoms. The molecule has 4 aliphatic rings. The maximum Gasteiger partial charge on any atom is 0.237 e. The Hall–Kier alpha value is -2.27. The van der Waals surface area contributed by atoms with Gasteiger partial charge in [0.2, 0.25) is 11.8 Å². The Balaban J connectivity index is 1.45. The van der Waals surface area contributed by atoms with E-state index in [1.54, 1.807) is 24.3 Å². The number of anilines is 1. The Morgan fingerprint density at radius 2 is 1.85 bits per heavy atom. The van der Waals surface area contributed by atoms with Gasteiger partial charge in [-0.2, -0.15) is 0 Å². The summed E-state index contributed by atoms with van der Waals surface area (Å²) >= 11 is 12.6. The molecular formula is C28H31Cl2FN4O4. The van der Waals surface area contributed by atoms with Crippen molar-refractivity contribution in [2.24, 2.45) is 0 Å². The molecule has 0 saturated carbocycles. The summed E-state index contributed by atoms with van der Waals surface area (Å²) in [5.74, 6) is -2.08. The predicted octanol–water partition coefficient (Wildman–Crippen LogP) is 3.08. The molecule has 2 spiro atoms. The Kier molecular flexibility index (Phi) is 7.33. The number of nitrogens with zero attached hydrogens (tertiary/aromatic N) is 1. The van der Waals surface area contributed by atoms with Crippen LogP contribution in [0.4, 0.5) is 10.1 Å². The van der Waals surface area contributed by atoms with E-state index in [1.807, 2.05) is 6.07 Å². The van der Waals surface area contributed by atoms with Crippen LogP contribution in [0.15, 0.2) is 36.4 Å². The first-order chi connectivity index (χ1) is 18.9. The molecule has 0 bridgehead atoms. The van der Waals surface area contributed by atoms with E-state index in [0.29, 0.717) is 68.6 Å². The monoisotopic (exact) mass is 576 g/mol. The fourth-order valence-corrected chi connectivity index (χ4v) is 7.41. The maximum absolute atomic E-state index is 15.9. The molecule has 1 unspecified atom stereocenters. The van der Waals surface area contributed by atoms with Gasteiger partial charge in [-0.1, -0.05) is 41.4 Å². The molecule has 2 aromatic rings. The average Bonchev–Trinajstić information content (AvgIpc) is 3.38. The molecule has 0 aliphatic carbocycles. The van der Waals surface area contributed by atoms with Gasteiger partial charge in [0.05, 0.1) is 24.3 Å². The van der Waals surface area contributed by atoms with E-state index in [2.05, 4.69) is 20.9 Å². The normalized spacial score (nSPS) is 28.0. The number of carbonyl (C=O) groups excluding carboxylic acids is 2. The highest BCUT2D eigenvalue weighted by molar-refractivity contribution is 6.31. The highest BCUT2D eigenvalue weighted by Gasteiger charge is 2.72. The number of nitrogens with one attached hydrogen (secondary N) is 3. The number of carbonyl (C=O) groups is 2. The smallest absolute Gasteiger partial charge is 0.237 e. The molecule has 6 rings (SSSR count). The zero-order valence-electron chi connectivity index (χ0n) is 21.4. The number of hydrogen-bond donors (Lipinski definition) is 3. The lowest BCUT2D eigenvalue weighted by molar-refractivity contribution is -0.125. The first-order valence-corrected chi connectivity index (χ1v) is 14.1. The van der Waals surface area contributed by atoms with Crippen molar-refractivity contribution in [2.45, 2.75) is 35.8 Å². The minimum atomic E-state index is -1.30. The lowest BCUT2D eigenvalue weighted by atomic mass is 9.57. The van der Waals surface area contributed by atoms with Crippen LogP contribution in [0.2, 0.25) is 10.0 Å². The van der Waals surface area contributed by atoms with Crippen LogP contribution < -0.4 is 16.0 Å². The number of hydrogen-bond acceptors (Lipinski definition) is 6. The zero-order valence-corrected chi connectivity index (χ0v) is 22.9. The first-order valence-electron chi connectivity index (χ1n) is 13.4. The summed E-state index contributed by atoms with van der Waals surface area (Å²) in [4.78, 5) is 30.4. The third kappa shape index (κ3) is 4.34. The van der Waals surface area contributed by atoms with Gasteiger partial charge in [0.1, 0.15) is 11.2 Å². The second-order valence-electron chi connectivity index (χ2n) is 10.6. The topological polar surface area (TPSA) is 91.9 Å². The second-order valence-corrected chi connectivity index (χ2v) is 11.5. The number of fused-ring (bicyclic) bond motifs is 3. The summed E-state index contributed by atoms with van der Waals surface area (Å²) in [7, 11) is 0. The summed E-state index contributed by atoms with van der Waals surface area (Å²) in [6, 6.07) is 9.12. The fourth-order valence-electron chi connectivity index (χ4n) is 7.05. The molecule has 2 amide bonds. The van der Waals surface area contributed by atoms with E-state index in [-0.39, 0.29) is 22.4 Å². The largest absolute Gasteiger partial charge is 0.381 e. The molecule has 4 heterocycles. The number of morpholine rings is 1. The predicted molar refractivity (Wildman–Crippen MR) is 146 cm³/mol. The van der Waals surface area contributed by atoms with Crippen LogP contribution >= 0.6 is 23.2 Å². The summed E-state index contributed by atoms with van der Waals surface area (Å²) in [5.41, 5.74) is -0.668. The molecule has 3 N–H and O–H groups in total. The van der Waals surface area contributed by atoms with Gasteiger partial charge in [-0.3, -0.25) is 19.8 Å². The lowest BCUT2D eigenvalue weighted by Crippen LogP contribution is -2.62. The summed E-state index contributed by atoms with van der Waals surface area (Å²) in [6.07, 6.45) is 0.942. The third-order valence-electron chi connectivity index (χ3n) is 8.78. The van der Waals surface area contributed by atoms with Crippen LogP contribution in [0.1, 0.15) is 29.9 Å². The number of halogens is 3. The molecule has 39 heavy (non-hydrogen) atoms. The zero-order chi connectivity index (χ0) is 27.2. The highest BCUT2D eigenvalue weighted by Crippen LogP contribution is 2.61. The van der Waals surface area contributed by atoms with Gasteiger partial charge in [0, 0.05) is 61.6 Å². The van der Waals surface area contributed by atoms with Gasteiger partial charge >= 0.3 is 0 Å². The Labute approximate surface area is 236 Å². The van der Waals surface area contributed by atoms with Crippen molar-refractivity contribution in [1.29, 1.82) is 0 Å². The second kappa shape index (κ2) is 10.6. The van der Waals surface area contributed by atoms with Crippen LogP contribution in [0.5, 0.6) is 0 Å². The van der Waals surface area contributed by atoms with Crippen molar-refractivity contribution in [3.05, 3.63) is 63.4 Å². The van der Waals surface area contributed by atoms with Crippen LogP contribution in [0, 0.1) is 5.82 Å². The standard InChI is InChI=1S/C28H31Cl2FN4O4/c29-17-4-5-19-21(16-17)33-26(37)28(19)22(18-2-1-3-20(30)23(18)31)24(34-27(28)6-12-38-13-7-27)25(36)32-8-9-35-10-14-39-15-11-35/h1-5,16,22,24,34H,6-15H2,(H,32,36)(H,33,37)/t22-,24+,28?/m0/s1. The van der Waals surface area contributed by atoms with E-state index in [0.717, 1.165) is 13.1 Å². The van der Waals surface area contributed by atoms with Crippen LogP contribution in [0.25, 0.3) is 0 Å². The number of rotatable bonds is 5. The van der Waals surface area contributed by atoms with Gasteiger partial charge in [0.25, 0.3) is 0 Å². The average molecular weight is 577 g/mol. The van der Waals surface area contributed by atoms with Crippen molar-refractivity contribution in [1.82, 2.24) is 15.5 Å². The van der Waals surface area contributed by atoms with Crippen LogP contribution in [-0.2, 0) is 24.5 Å². The molecule has 0 aromatic heterocycles. The summed E-state index contributed by atoms with van der Waals surface area (Å²) in [6.45, 7) is 4.84. The van der Waals surface area contributed by atoms with Gasteiger partial charge in [0.15, 0.2) is 0 Å². The number of ether oxygens (including phenoxy) is 2. The molecular weight excluding hydrogens is 546 g/mol. The van der Waals surface area contributed by atoms with Crippen LogP contribution in [-0.4, -0.2) is 80.9 Å². The van der Waals surface area contributed by atoms with Crippen molar-refractivity contribution in [3.63, 3.8) is 0 Å². The van der Waals surface area contributed by atoms with Gasteiger partial charge in [-0.25, -0.2) is 4.39 Å². The van der Waals surface area contributed by atoms with Crippen molar-refractivity contribution in [2.75, 3.05) is 57.9 Å². The van der Waals surface area contributed by atoms with E-state index in [1.165, 1.54) is 6.07 Å². The highest BCUT2D eigenvalue weighted by atomic mass is 35.5. The number of benzene rings is 2. The number of amides is 2. The molecule has 0 radical (unpaired) electrons. The van der Waals surface area contributed by atoms with E-state index < -0.39 is 28.7 Å². The third-order valence-corrected chi connectivity index (χ3v) is 9.30. The Morgan fingerprint density at radius 1 is 1.10 bits per heavy atom. The van der Waals surface area contributed by atoms with Crippen molar-refractivity contribution < 1.29 is 23.5 Å². The molecule has 3 fully saturated rings. The van der Waals surface area contributed by atoms with Gasteiger partial charge in [-0.15, -0.1) is 0 Å². The Bertz CT molecular complexity index is 1280. The first kappa shape index (κ1) is 26.9. The summed E-state index contributed by atoms with van der Waals surface area (Å²) in [5, 5.41) is 10.1. The minimum absolute atomic E-state index is 0.0585. The van der Waals surface area contributed by atoms with Gasteiger partial charge in [-0.05, 0) is 42.2 Å². The molecule has 3 atom stereocenters. The van der Waals surface area contributed by atoms with E-state index in [4.69, 9.17) is 32.7 Å². The summed E-state index contributed by atoms with van der Waals surface area (Å²) < 4.78 is 27.0. The van der Waals surface area contributed by atoms with E-state index in [9.17, 15) is 9.59 Å². The fraction of sp³-hybridized carbons (Fsp3) is 0.500. The lowest BCUT2D eigenvalue weighted by Gasteiger charge is -2.46. The quantitative estimate of drug-likeness (QED) is 0.506. The van der Waals surface area contributed by atoms with Gasteiger partial charge < -0.3 is 20.1 Å². The van der Waals surface area contributed by atoms with Crippen molar-refractivity contribution >= 4 is 40.7 Å². The molecule has 208 valence electrons. The molecule has 2 aromatic carbocycles. The molecule has 8 nitrogen and oxygen atoms in total. The van der Waals surface area contributed by atoms with Crippen molar-refractivity contribution in [3.8, 4) is 0 Å². The van der Waals surface area contributed by atoms with E-state index >= 15 is 4.39 Å². The molecule has 3 saturated heterocycles. The molecule has 4 aliphatic heterocycles. The Morgan fingerprint density at radius 3 is 2.62 bits per heavy atom. The minimum Gasteiger partial charge on any atom is -0.381 e. The maximum atomic E-state index is 15.9.